The van der Waals surface area contributed by atoms with E-state index in [1.54, 1.807) is 14.0 Å². The predicted octanol–water partition coefficient (Wildman–Crippen LogP) is 2.37. The second-order valence-corrected chi connectivity index (χ2v) is 10.00. The lowest BCUT2D eigenvalue weighted by Crippen LogP contribution is -2.53. The smallest absolute Gasteiger partial charge is 0.325 e. The number of hydrogen-bond acceptors (Lipinski definition) is 5. The molecule has 1 aliphatic carbocycles. The molecule has 2 aliphatic rings. The Morgan fingerprint density at radius 3 is 2.61 bits per heavy atom. The van der Waals surface area contributed by atoms with Gasteiger partial charge in [0.2, 0.25) is 0 Å². The molecule has 0 unspecified atom stereocenters. The molecule has 33 heavy (non-hydrogen) atoms. The van der Waals surface area contributed by atoms with Crippen LogP contribution >= 0.6 is 12.4 Å². The van der Waals surface area contributed by atoms with Crippen LogP contribution in [0.3, 0.4) is 0 Å². The van der Waals surface area contributed by atoms with Crippen molar-refractivity contribution in [3.05, 3.63) is 59.9 Å². The van der Waals surface area contributed by atoms with E-state index in [1.165, 1.54) is 4.31 Å². The van der Waals surface area contributed by atoms with Gasteiger partial charge in [-0.2, -0.15) is 17.4 Å². The Kier molecular flexibility index (Phi) is 5.90. The average Bonchev–Trinajstić information content (AvgIpc) is 3.20. The number of aromatic nitrogens is 2. The summed E-state index contributed by atoms with van der Waals surface area (Å²) in [5, 5.41) is 10.00. The molecule has 1 fully saturated rings. The van der Waals surface area contributed by atoms with Crippen molar-refractivity contribution in [2.45, 2.75) is 31.5 Å². The fraction of sp³-hybridized carbons (Fsp3) is 0.364. The minimum atomic E-state index is -4.07. The zero-order valence-corrected chi connectivity index (χ0v) is 19.8. The number of carboxylic acid groups (broad SMARTS) is 1. The second kappa shape index (κ2) is 8.28. The van der Waals surface area contributed by atoms with Crippen LogP contribution in [-0.2, 0) is 28.1 Å². The van der Waals surface area contributed by atoms with Gasteiger partial charge < -0.3 is 14.4 Å². The van der Waals surface area contributed by atoms with Gasteiger partial charge >= 0.3 is 5.97 Å². The first kappa shape index (κ1) is 23.5. The third kappa shape index (κ3) is 3.67. The molecular formula is C22H25ClN4O5S. The molecule has 9 nitrogen and oxygen atoms in total. The van der Waals surface area contributed by atoms with E-state index in [4.69, 9.17) is 4.74 Å². The molecule has 3 aromatic rings. The molecule has 1 aliphatic heterocycles. The molecule has 0 amide bonds. The first-order valence-corrected chi connectivity index (χ1v) is 11.8. The van der Waals surface area contributed by atoms with Gasteiger partial charge in [0, 0.05) is 25.1 Å². The van der Waals surface area contributed by atoms with Gasteiger partial charge in [0.05, 0.1) is 24.7 Å². The van der Waals surface area contributed by atoms with Crippen LogP contribution in [0.1, 0.15) is 24.2 Å². The predicted molar refractivity (Wildman–Crippen MR) is 125 cm³/mol. The summed E-state index contributed by atoms with van der Waals surface area (Å²) in [7, 11) is -2.49. The van der Waals surface area contributed by atoms with E-state index in [-0.39, 0.29) is 31.4 Å². The number of ether oxygens (including phenoxy) is 1. The zero-order valence-electron chi connectivity index (χ0n) is 18.1. The number of aliphatic carboxylic acids is 1. The van der Waals surface area contributed by atoms with Crippen molar-refractivity contribution in [1.29, 1.82) is 0 Å². The molecule has 0 radical (unpaired) electrons. The van der Waals surface area contributed by atoms with E-state index >= 15 is 0 Å². The molecule has 1 aromatic heterocycles. The fourth-order valence-corrected chi connectivity index (χ4v) is 6.45. The summed E-state index contributed by atoms with van der Waals surface area (Å²) >= 11 is 0. The number of carbonyl (C=O) groups is 1. The lowest BCUT2D eigenvalue weighted by molar-refractivity contribution is -0.140. The van der Waals surface area contributed by atoms with E-state index in [9.17, 15) is 18.3 Å². The average molecular weight is 493 g/mol. The molecule has 0 saturated heterocycles. The summed E-state index contributed by atoms with van der Waals surface area (Å²) < 4.78 is 37.6. The Bertz CT molecular complexity index is 1310. The van der Waals surface area contributed by atoms with Gasteiger partial charge in [0.25, 0.3) is 10.2 Å². The Labute approximate surface area is 198 Å². The van der Waals surface area contributed by atoms with E-state index in [1.807, 2.05) is 53.1 Å². The molecular weight excluding hydrogens is 468 g/mol. The summed E-state index contributed by atoms with van der Waals surface area (Å²) in [6.07, 6.45) is 0. The largest absolute Gasteiger partial charge is 0.497 e. The minimum Gasteiger partial charge on any atom is -0.497 e. The van der Waals surface area contributed by atoms with Crippen LogP contribution < -0.4 is 9.46 Å². The van der Waals surface area contributed by atoms with Crippen molar-refractivity contribution in [3.8, 4) is 5.75 Å². The lowest BCUT2D eigenvalue weighted by atomic mass is 10.1. The molecule has 176 valence electrons. The van der Waals surface area contributed by atoms with Gasteiger partial charge in [0.15, 0.2) is 0 Å². The number of fused-ring (bicyclic) bond motifs is 3. The molecule has 3 atom stereocenters. The van der Waals surface area contributed by atoms with Gasteiger partial charge in [-0.25, -0.2) is 4.98 Å². The van der Waals surface area contributed by atoms with Gasteiger partial charge in [-0.1, -0.05) is 37.3 Å². The van der Waals surface area contributed by atoms with E-state index in [0.717, 1.165) is 16.6 Å². The third-order valence-corrected chi connectivity index (χ3v) is 8.26. The number of nitrogens with one attached hydrogen (secondary N) is 1. The Balaban J connectivity index is 0.00000259. The first-order chi connectivity index (χ1) is 15.3. The van der Waals surface area contributed by atoms with E-state index < -0.39 is 27.6 Å². The van der Waals surface area contributed by atoms with Crippen molar-refractivity contribution in [2.24, 2.45) is 5.92 Å². The number of hydrogen-bond donors (Lipinski definition) is 2. The second-order valence-electron chi connectivity index (χ2n) is 8.33. The normalized spacial score (nSPS) is 24.7. The highest BCUT2D eigenvalue weighted by atomic mass is 35.5. The van der Waals surface area contributed by atoms with Gasteiger partial charge in [-0.3, -0.25) is 4.79 Å². The maximum absolute atomic E-state index is 13.3. The number of imidazole rings is 1. The minimum absolute atomic E-state index is 0. The summed E-state index contributed by atoms with van der Waals surface area (Å²) in [5.74, 6) is -0.689. The quantitative estimate of drug-likeness (QED) is 0.546. The Hall–Kier alpha value is -2.66. The lowest BCUT2D eigenvalue weighted by Gasteiger charge is -2.29. The highest BCUT2D eigenvalue weighted by Gasteiger charge is 2.70. The summed E-state index contributed by atoms with van der Waals surface area (Å²) in [4.78, 5) is 16.8. The molecule has 0 spiro atoms. The SMILES string of the molecule is COc1ccc2c(c1)nc1n2CCN(S(=O)(=O)N[C@@]2(C(=O)O)[C@H](C)[C@@H]2c2ccccc2)C1.Cl. The number of halogens is 1. The van der Waals surface area contributed by atoms with Crippen molar-refractivity contribution < 1.29 is 23.1 Å². The van der Waals surface area contributed by atoms with Crippen LogP contribution in [-0.4, -0.2) is 52.5 Å². The van der Waals surface area contributed by atoms with Crippen LogP contribution in [0, 0.1) is 5.92 Å². The Morgan fingerprint density at radius 2 is 1.94 bits per heavy atom. The third-order valence-electron chi connectivity index (χ3n) is 6.68. The topological polar surface area (TPSA) is 114 Å². The zero-order chi connectivity index (χ0) is 22.7. The molecule has 2 heterocycles. The number of benzene rings is 2. The van der Waals surface area contributed by atoms with Crippen molar-refractivity contribution in [2.75, 3.05) is 13.7 Å². The van der Waals surface area contributed by atoms with Gasteiger partial charge in [-0.15, -0.1) is 12.4 Å². The standard InChI is InChI=1S/C22H24N4O5S.ClH/c1-14-20(15-6-4-3-5-7-15)22(14,21(27)28)24-32(29,30)25-10-11-26-18-9-8-16(31-2)12-17(18)23-19(26)13-25;/h3-9,12,14,20,24H,10-11,13H2,1-2H3,(H,27,28);1H/t14-,20-,22+;/m1./s1. The molecule has 5 rings (SSSR count). The Morgan fingerprint density at radius 1 is 1.21 bits per heavy atom. The van der Waals surface area contributed by atoms with E-state index in [2.05, 4.69) is 9.71 Å². The molecule has 2 aromatic carbocycles. The van der Waals surface area contributed by atoms with Crippen molar-refractivity contribution in [3.63, 3.8) is 0 Å². The highest BCUT2D eigenvalue weighted by Crippen LogP contribution is 2.58. The monoisotopic (exact) mass is 492 g/mol. The van der Waals surface area contributed by atoms with Crippen LogP contribution in [0.25, 0.3) is 11.0 Å². The summed E-state index contributed by atoms with van der Waals surface area (Å²) in [5.41, 5.74) is 0.881. The molecule has 0 bridgehead atoms. The molecule has 1 saturated carbocycles. The van der Waals surface area contributed by atoms with Crippen LogP contribution in [0.5, 0.6) is 5.75 Å². The fourth-order valence-electron chi connectivity index (χ4n) is 4.89. The highest BCUT2D eigenvalue weighted by molar-refractivity contribution is 7.87. The maximum Gasteiger partial charge on any atom is 0.325 e. The number of carboxylic acids is 1. The van der Waals surface area contributed by atoms with Crippen molar-refractivity contribution >= 4 is 39.6 Å². The number of rotatable bonds is 6. The summed E-state index contributed by atoms with van der Waals surface area (Å²) in [6.45, 7) is 2.47. The van der Waals surface area contributed by atoms with Gasteiger partial charge in [-0.05, 0) is 23.6 Å². The molecule has 11 heteroatoms. The van der Waals surface area contributed by atoms with Crippen LogP contribution in [0.2, 0.25) is 0 Å². The van der Waals surface area contributed by atoms with Crippen LogP contribution in [0.4, 0.5) is 0 Å². The number of nitrogens with zero attached hydrogens (tertiary/aromatic N) is 3. The number of methoxy groups -OCH3 is 1. The van der Waals surface area contributed by atoms with E-state index in [0.29, 0.717) is 18.1 Å². The first-order valence-electron chi connectivity index (χ1n) is 10.4. The maximum atomic E-state index is 13.3. The van der Waals surface area contributed by atoms with Crippen molar-refractivity contribution in [1.82, 2.24) is 18.6 Å². The van der Waals surface area contributed by atoms with Crippen LogP contribution in [0.15, 0.2) is 48.5 Å². The molecule has 2 N–H and O–H groups in total. The summed E-state index contributed by atoms with van der Waals surface area (Å²) in [6, 6.07) is 14.7. The van der Waals surface area contributed by atoms with Gasteiger partial charge in [0.1, 0.15) is 17.1 Å².